The first kappa shape index (κ1) is 18.4. The van der Waals surface area contributed by atoms with Gasteiger partial charge in [-0.25, -0.2) is 0 Å². The summed E-state index contributed by atoms with van der Waals surface area (Å²) in [6.07, 6.45) is 4.21. The first-order valence-electron chi connectivity index (χ1n) is 9.87. The highest BCUT2D eigenvalue weighted by atomic mass is 15.4. The van der Waals surface area contributed by atoms with Crippen LogP contribution in [0.3, 0.4) is 0 Å². The van der Waals surface area contributed by atoms with Gasteiger partial charge in [-0.15, -0.1) is 9.36 Å². The van der Waals surface area contributed by atoms with Crippen LogP contribution in [0.25, 0.3) is 22.3 Å². The van der Waals surface area contributed by atoms with Crippen molar-refractivity contribution >= 4 is 10.9 Å². The molecule has 0 N–H and O–H groups in total. The molecule has 4 rings (SSSR count). The van der Waals surface area contributed by atoms with Gasteiger partial charge in [0.05, 0.1) is 11.8 Å². The summed E-state index contributed by atoms with van der Waals surface area (Å²) in [5.74, 6) is 0. The molecular formula is C25H29N3+2. The number of para-hydroxylation sites is 1. The Bertz CT molecular complexity index is 1180. The summed E-state index contributed by atoms with van der Waals surface area (Å²) >= 11 is 0. The lowest BCUT2D eigenvalue weighted by Gasteiger charge is -2.21. The van der Waals surface area contributed by atoms with Crippen molar-refractivity contribution in [2.75, 3.05) is 0 Å². The number of pyridine rings is 1. The first-order valence-corrected chi connectivity index (χ1v) is 9.87. The van der Waals surface area contributed by atoms with Gasteiger partial charge >= 0.3 is 0 Å². The van der Waals surface area contributed by atoms with Crippen molar-refractivity contribution < 1.29 is 9.25 Å². The molecule has 0 aliphatic heterocycles. The molecule has 0 atom stereocenters. The number of nitrogens with zero attached hydrogens (tertiary/aromatic N) is 3. The lowest BCUT2D eigenvalue weighted by Crippen LogP contribution is -2.39. The summed E-state index contributed by atoms with van der Waals surface area (Å²) in [4.78, 5) is 0. The third-order valence-corrected chi connectivity index (χ3v) is 5.61. The van der Waals surface area contributed by atoms with Crippen molar-refractivity contribution in [2.24, 2.45) is 7.05 Å². The van der Waals surface area contributed by atoms with Crippen molar-refractivity contribution in [1.29, 1.82) is 0 Å². The quantitative estimate of drug-likeness (QED) is 0.455. The molecule has 0 aliphatic rings. The molecule has 3 heteroatoms. The predicted octanol–water partition coefficient (Wildman–Crippen LogP) is 4.65. The molecule has 2 aromatic carbocycles. The molecule has 0 bridgehead atoms. The maximum atomic E-state index is 2.40. The van der Waals surface area contributed by atoms with Crippen LogP contribution >= 0.6 is 0 Å². The molecule has 2 heterocycles. The zero-order valence-electron chi connectivity index (χ0n) is 17.7. The van der Waals surface area contributed by atoms with E-state index in [-0.39, 0.29) is 5.41 Å². The van der Waals surface area contributed by atoms with Gasteiger partial charge in [0.2, 0.25) is 11.2 Å². The van der Waals surface area contributed by atoms with Crippen LogP contribution in [0.2, 0.25) is 0 Å². The second-order valence-corrected chi connectivity index (χ2v) is 8.67. The largest absolute Gasteiger partial charge is 0.218 e. The number of rotatable bonds is 2. The number of fused-ring (bicyclic) bond motifs is 1. The number of aromatic nitrogens is 3. The predicted molar refractivity (Wildman–Crippen MR) is 114 cm³/mol. The van der Waals surface area contributed by atoms with Crippen molar-refractivity contribution in [3.8, 4) is 11.4 Å². The van der Waals surface area contributed by atoms with E-state index in [4.69, 9.17) is 0 Å². The Kier molecular flexibility index (Phi) is 4.34. The number of hydrogen-bond donors (Lipinski definition) is 0. The minimum atomic E-state index is 0.0575. The molecule has 0 amide bonds. The van der Waals surface area contributed by atoms with E-state index in [0.29, 0.717) is 0 Å². The van der Waals surface area contributed by atoms with Crippen molar-refractivity contribution in [2.45, 2.75) is 40.0 Å². The van der Waals surface area contributed by atoms with Crippen molar-refractivity contribution in [3.05, 3.63) is 83.8 Å². The highest BCUT2D eigenvalue weighted by Gasteiger charge is 2.26. The van der Waals surface area contributed by atoms with E-state index in [2.05, 4.69) is 123 Å². The molecule has 0 unspecified atom stereocenters. The Morgan fingerprint density at radius 3 is 2.32 bits per heavy atom. The van der Waals surface area contributed by atoms with Gasteiger partial charge in [0.15, 0.2) is 18.9 Å². The van der Waals surface area contributed by atoms with Gasteiger partial charge in [-0.2, -0.15) is 4.57 Å². The van der Waals surface area contributed by atoms with Gasteiger partial charge in [0.1, 0.15) is 5.69 Å². The minimum Gasteiger partial charge on any atom is -0.157 e. The molecule has 0 aliphatic carbocycles. The molecule has 0 radical (unpaired) electrons. The van der Waals surface area contributed by atoms with Crippen LogP contribution in [-0.4, -0.2) is 4.68 Å². The van der Waals surface area contributed by atoms with Gasteiger partial charge in [-0.3, -0.25) is 0 Å². The second kappa shape index (κ2) is 6.59. The second-order valence-electron chi connectivity index (χ2n) is 8.67. The fraction of sp³-hybridized carbons (Fsp3) is 0.280. The summed E-state index contributed by atoms with van der Waals surface area (Å²) in [6.45, 7) is 11.3. The average molecular weight is 372 g/mol. The molecule has 0 saturated carbocycles. The van der Waals surface area contributed by atoms with Crippen LogP contribution in [0, 0.1) is 13.8 Å². The maximum absolute atomic E-state index is 2.40. The lowest BCUT2D eigenvalue weighted by molar-refractivity contribution is -0.744. The van der Waals surface area contributed by atoms with E-state index >= 15 is 0 Å². The minimum absolute atomic E-state index is 0.0575. The SMILES string of the molecule is Cc1c(-n2ccc[n+]2C)cc(C(C)(C)C)cc1-[n+]1c(C)ccc2ccccc21. The molecule has 3 nitrogen and oxygen atoms in total. The van der Waals surface area contributed by atoms with Gasteiger partial charge < -0.3 is 0 Å². The van der Waals surface area contributed by atoms with Crippen LogP contribution in [0.5, 0.6) is 0 Å². The third-order valence-electron chi connectivity index (χ3n) is 5.61. The van der Waals surface area contributed by atoms with E-state index in [1.54, 1.807) is 0 Å². The lowest BCUT2D eigenvalue weighted by atomic mass is 9.85. The third kappa shape index (κ3) is 3.01. The highest BCUT2D eigenvalue weighted by molar-refractivity contribution is 5.76. The van der Waals surface area contributed by atoms with Gasteiger partial charge in [-0.05, 0) is 36.1 Å². The number of aryl methyl sites for hydroxylation is 2. The normalized spacial score (nSPS) is 11.9. The van der Waals surface area contributed by atoms with E-state index in [1.807, 2.05) is 0 Å². The molecule has 142 valence electrons. The molecule has 0 spiro atoms. The summed E-state index contributed by atoms with van der Waals surface area (Å²) in [5.41, 5.74) is 7.58. The van der Waals surface area contributed by atoms with E-state index in [0.717, 1.165) is 0 Å². The molecule has 2 aromatic heterocycles. The highest BCUT2D eigenvalue weighted by Crippen LogP contribution is 2.29. The molecule has 28 heavy (non-hydrogen) atoms. The van der Waals surface area contributed by atoms with E-state index < -0.39 is 0 Å². The van der Waals surface area contributed by atoms with Crippen LogP contribution in [0.1, 0.15) is 37.6 Å². The van der Waals surface area contributed by atoms with Crippen LogP contribution in [0.15, 0.2) is 67.0 Å². The van der Waals surface area contributed by atoms with Gasteiger partial charge in [0.25, 0.3) is 0 Å². The summed E-state index contributed by atoms with van der Waals surface area (Å²) in [5, 5.41) is 1.25. The standard InChI is InChI=1S/C25H29N3/c1-18-12-13-20-10-7-8-11-22(20)28(18)24-17-21(25(3,4)5)16-23(19(24)2)27-15-9-14-26(27)6/h7-17H,1-6H3/q+2. The zero-order chi connectivity index (χ0) is 20.1. The van der Waals surface area contributed by atoms with Crippen LogP contribution in [-0.2, 0) is 12.5 Å². The Morgan fingerprint density at radius 1 is 0.893 bits per heavy atom. The molecule has 4 aromatic rings. The molecule has 0 fully saturated rings. The Labute approximate surface area is 167 Å². The summed E-state index contributed by atoms with van der Waals surface area (Å²) in [7, 11) is 2.08. The number of hydrogen-bond acceptors (Lipinski definition) is 0. The van der Waals surface area contributed by atoms with E-state index in [9.17, 15) is 0 Å². The molecular weight excluding hydrogens is 342 g/mol. The van der Waals surface area contributed by atoms with Gasteiger partial charge in [-0.1, -0.05) is 32.9 Å². The van der Waals surface area contributed by atoms with Crippen LogP contribution in [0.4, 0.5) is 0 Å². The fourth-order valence-corrected chi connectivity index (χ4v) is 3.89. The maximum Gasteiger partial charge on any atom is 0.218 e. The van der Waals surface area contributed by atoms with Crippen LogP contribution < -0.4 is 9.25 Å². The first-order chi connectivity index (χ1) is 13.3. The number of benzene rings is 2. The van der Waals surface area contributed by atoms with Crippen molar-refractivity contribution in [1.82, 2.24) is 4.68 Å². The monoisotopic (exact) mass is 371 g/mol. The smallest absolute Gasteiger partial charge is 0.157 e. The topological polar surface area (TPSA) is 12.7 Å². The fourth-order valence-electron chi connectivity index (χ4n) is 3.89. The van der Waals surface area contributed by atoms with Crippen molar-refractivity contribution in [3.63, 3.8) is 0 Å². The molecule has 0 saturated heterocycles. The van der Waals surface area contributed by atoms with E-state index in [1.165, 1.54) is 39.1 Å². The zero-order valence-corrected chi connectivity index (χ0v) is 17.7. The summed E-state index contributed by atoms with van der Waals surface area (Å²) in [6, 6.07) is 19.8. The average Bonchev–Trinajstić information content (AvgIpc) is 3.07. The van der Waals surface area contributed by atoms with Gasteiger partial charge in [0, 0.05) is 36.6 Å². The Morgan fingerprint density at radius 2 is 1.64 bits per heavy atom. The summed E-state index contributed by atoms with van der Waals surface area (Å²) < 4.78 is 6.74. The Hall–Kier alpha value is -2.94. The Balaban J connectivity index is 2.11.